The molecule has 1 N–H and O–H groups in total. The number of rotatable bonds is 4. The molecule has 0 aliphatic carbocycles. The van der Waals surface area contributed by atoms with Gasteiger partial charge in [0.1, 0.15) is 6.04 Å². The summed E-state index contributed by atoms with van der Waals surface area (Å²) in [4.78, 5) is 23.6. The second-order valence-electron chi connectivity index (χ2n) is 3.89. The van der Waals surface area contributed by atoms with Gasteiger partial charge in [-0.15, -0.1) is 0 Å². The Morgan fingerprint density at radius 2 is 2.06 bits per heavy atom. The molecule has 0 saturated carbocycles. The highest BCUT2D eigenvalue weighted by Gasteiger charge is 2.33. The summed E-state index contributed by atoms with van der Waals surface area (Å²) in [7, 11) is 0. The van der Waals surface area contributed by atoms with Gasteiger partial charge in [0.25, 0.3) is 0 Å². The minimum atomic E-state index is -0.995. The predicted octanol–water partition coefficient (Wildman–Crippen LogP) is 1.39. The molecule has 1 amide bonds. The Morgan fingerprint density at radius 3 is 2.53 bits per heavy atom. The van der Waals surface area contributed by atoms with Crippen molar-refractivity contribution < 1.29 is 14.7 Å². The average molecular weight is 231 g/mol. The number of carboxylic acid groups (broad SMARTS) is 1. The van der Waals surface area contributed by atoms with Gasteiger partial charge in [-0.2, -0.15) is 0 Å². The molecule has 1 saturated heterocycles. The Kier molecular flexibility index (Phi) is 3.23. The molecule has 2 rings (SSSR count). The zero-order chi connectivity index (χ0) is 12.3. The lowest BCUT2D eigenvalue weighted by Crippen LogP contribution is -2.52. The van der Waals surface area contributed by atoms with E-state index in [9.17, 15) is 9.59 Å². The van der Waals surface area contributed by atoms with Crippen molar-refractivity contribution >= 4 is 18.0 Å². The molecule has 0 aromatic heterocycles. The van der Waals surface area contributed by atoms with E-state index < -0.39 is 12.0 Å². The third kappa shape index (κ3) is 2.53. The first-order valence-corrected chi connectivity index (χ1v) is 5.44. The smallest absolute Gasteiger partial charge is 0.330 e. The molecule has 1 aromatic rings. The van der Waals surface area contributed by atoms with Gasteiger partial charge in [-0.3, -0.25) is 4.79 Å². The van der Waals surface area contributed by atoms with Crippen LogP contribution in [0.15, 0.2) is 36.4 Å². The van der Waals surface area contributed by atoms with Crippen molar-refractivity contribution in [2.24, 2.45) is 0 Å². The molecule has 1 fully saturated rings. The van der Waals surface area contributed by atoms with Crippen LogP contribution < -0.4 is 0 Å². The summed E-state index contributed by atoms with van der Waals surface area (Å²) < 4.78 is 0. The van der Waals surface area contributed by atoms with E-state index in [4.69, 9.17) is 5.11 Å². The van der Waals surface area contributed by atoms with E-state index in [1.54, 1.807) is 12.2 Å². The van der Waals surface area contributed by atoms with Gasteiger partial charge in [-0.1, -0.05) is 42.5 Å². The van der Waals surface area contributed by atoms with Crippen LogP contribution in [-0.2, 0) is 9.59 Å². The molecular weight excluding hydrogens is 218 g/mol. The minimum absolute atomic E-state index is 0.102. The summed E-state index contributed by atoms with van der Waals surface area (Å²) in [6, 6.07) is 8.57. The van der Waals surface area contributed by atoms with Crippen molar-refractivity contribution in [1.82, 2.24) is 4.90 Å². The minimum Gasteiger partial charge on any atom is -0.479 e. The number of carbonyl (C=O) groups is 2. The topological polar surface area (TPSA) is 57.6 Å². The van der Waals surface area contributed by atoms with Crippen LogP contribution in [0.2, 0.25) is 0 Å². The fourth-order valence-corrected chi connectivity index (χ4v) is 1.71. The highest BCUT2D eigenvalue weighted by atomic mass is 16.4. The Balaban J connectivity index is 2.11. The van der Waals surface area contributed by atoms with Crippen molar-refractivity contribution in [3.8, 4) is 0 Å². The first kappa shape index (κ1) is 11.4. The molecule has 17 heavy (non-hydrogen) atoms. The fraction of sp³-hybridized carbons (Fsp3) is 0.231. The molecular formula is C13H13NO3. The van der Waals surface area contributed by atoms with Gasteiger partial charge in [0, 0.05) is 13.0 Å². The highest BCUT2D eigenvalue weighted by Crippen LogP contribution is 2.15. The van der Waals surface area contributed by atoms with E-state index in [1.165, 1.54) is 4.90 Å². The van der Waals surface area contributed by atoms with E-state index in [0.29, 0.717) is 13.0 Å². The fourth-order valence-electron chi connectivity index (χ4n) is 1.71. The molecule has 1 unspecified atom stereocenters. The van der Waals surface area contributed by atoms with Crippen LogP contribution in [0.3, 0.4) is 0 Å². The quantitative estimate of drug-likeness (QED) is 0.796. The Hall–Kier alpha value is -2.10. The predicted molar refractivity (Wildman–Crippen MR) is 63.2 cm³/mol. The molecule has 4 nitrogen and oxygen atoms in total. The maximum absolute atomic E-state index is 11.2. The SMILES string of the molecule is O=C(O)C(C=Cc1ccccc1)N1CCC1=O. The number of benzene rings is 1. The van der Waals surface area contributed by atoms with Crippen LogP contribution in [0, 0.1) is 0 Å². The molecule has 4 heteroatoms. The average Bonchev–Trinajstić information content (AvgIpc) is 2.33. The lowest BCUT2D eigenvalue weighted by atomic mass is 10.1. The second-order valence-corrected chi connectivity index (χ2v) is 3.89. The second kappa shape index (κ2) is 4.82. The van der Waals surface area contributed by atoms with Gasteiger partial charge in [-0.25, -0.2) is 4.79 Å². The number of amides is 1. The summed E-state index contributed by atoms with van der Waals surface area (Å²) in [6.07, 6.45) is 3.72. The van der Waals surface area contributed by atoms with E-state index in [-0.39, 0.29) is 5.91 Å². The number of likely N-dealkylation sites (tertiary alicyclic amines) is 1. The molecule has 1 aliphatic heterocycles. The molecule has 0 spiro atoms. The van der Waals surface area contributed by atoms with Crippen LogP contribution in [0.4, 0.5) is 0 Å². The number of nitrogens with zero attached hydrogens (tertiary/aromatic N) is 1. The summed E-state index contributed by atoms with van der Waals surface area (Å²) in [6.45, 7) is 0.523. The van der Waals surface area contributed by atoms with Gasteiger partial charge < -0.3 is 10.0 Å². The van der Waals surface area contributed by atoms with Crippen molar-refractivity contribution in [1.29, 1.82) is 0 Å². The summed E-state index contributed by atoms with van der Waals surface area (Å²) >= 11 is 0. The van der Waals surface area contributed by atoms with Crippen molar-refractivity contribution in [2.45, 2.75) is 12.5 Å². The summed E-state index contributed by atoms with van der Waals surface area (Å²) in [5.41, 5.74) is 0.923. The van der Waals surface area contributed by atoms with E-state index >= 15 is 0 Å². The number of aliphatic carboxylic acids is 1. The zero-order valence-electron chi connectivity index (χ0n) is 9.24. The summed E-state index contributed by atoms with van der Waals surface area (Å²) in [5.74, 6) is -1.10. The van der Waals surface area contributed by atoms with Gasteiger partial charge in [-0.05, 0) is 5.56 Å². The maximum Gasteiger partial charge on any atom is 0.330 e. The van der Waals surface area contributed by atoms with Crippen molar-refractivity contribution in [2.75, 3.05) is 6.54 Å². The molecule has 88 valence electrons. The maximum atomic E-state index is 11.2. The normalized spacial score (nSPS) is 16.9. The highest BCUT2D eigenvalue weighted by molar-refractivity contribution is 5.89. The van der Waals surface area contributed by atoms with Crippen LogP contribution >= 0.6 is 0 Å². The van der Waals surface area contributed by atoms with Gasteiger partial charge in [0.15, 0.2) is 0 Å². The molecule has 0 bridgehead atoms. The van der Waals surface area contributed by atoms with E-state index in [2.05, 4.69) is 0 Å². The molecule has 1 aromatic carbocycles. The third-order valence-corrected chi connectivity index (χ3v) is 2.75. The Labute approximate surface area is 99.2 Å². The number of carbonyl (C=O) groups excluding carboxylic acids is 1. The third-order valence-electron chi connectivity index (χ3n) is 2.75. The standard InChI is InChI=1S/C13H13NO3/c15-12-8-9-14(12)11(13(16)17)7-6-10-4-2-1-3-5-10/h1-7,11H,8-9H2,(H,16,17). The Morgan fingerprint density at radius 1 is 1.35 bits per heavy atom. The summed E-state index contributed by atoms with van der Waals surface area (Å²) in [5, 5.41) is 9.06. The van der Waals surface area contributed by atoms with Crippen LogP contribution in [0.5, 0.6) is 0 Å². The number of hydrogen-bond acceptors (Lipinski definition) is 2. The first-order valence-electron chi connectivity index (χ1n) is 5.44. The van der Waals surface area contributed by atoms with Gasteiger partial charge in [0.2, 0.25) is 5.91 Å². The molecule has 1 heterocycles. The zero-order valence-corrected chi connectivity index (χ0v) is 9.24. The van der Waals surface area contributed by atoms with Gasteiger partial charge in [0.05, 0.1) is 0 Å². The number of hydrogen-bond donors (Lipinski definition) is 1. The largest absolute Gasteiger partial charge is 0.479 e. The van der Waals surface area contributed by atoms with Crippen LogP contribution in [0.1, 0.15) is 12.0 Å². The van der Waals surface area contributed by atoms with E-state index in [1.807, 2.05) is 30.3 Å². The molecule has 0 radical (unpaired) electrons. The van der Waals surface area contributed by atoms with Crippen molar-refractivity contribution in [3.05, 3.63) is 42.0 Å². The number of β-lactam (4-membered cyclic amide) rings is 1. The number of carboxylic acids is 1. The van der Waals surface area contributed by atoms with Crippen molar-refractivity contribution in [3.63, 3.8) is 0 Å². The Bertz CT molecular complexity index is 453. The molecule has 1 atom stereocenters. The molecule has 1 aliphatic rings. The first-order chi connectivity index (χ1) is 8.18. The lowest BCUT2D eigenvalue weighted by Gasteiger charge is -2.34. The van der Waals surface area contributed by atoms with Crippen LogP contribution in [0.25, 0.3) is 6.08 Å². The lowest BCUT2D eigenvalue weighted by molar-refractivity contribution is -0.153. The van der Waals surface area contributed by atoms with Crippen LogP contribution in [-0.4, -0.2) is 34.5 Å². The van der Waals surface area contributed by atoms with E-state index in [0.717, 1.165) is 5.56 Å². The van der Waals surface area contributed by atoms with Gasteiger partial charge >= 0.3 is 5.97 Å². The monoisotopic (exact) mass is 231 g/mol.